The van der Waals surface area contributed by atoms with Crippen molar-refractivity contribution in [1.29, 1.82) is 0 Å². The van der Waals surface area contributed by atoms with E-state index in [-0.39, 0.29) is 12.1 Å². The summed E-state index contributed by atoms with van der Waals surface area (Å²) in [5.41, 5.74) is 1.10. The van der Waals surface area contributed by atoms with Gasteiger partial charge in [-0.25, -0.2) is 4.79 Å². The van der Waals surface area contributed by atoms with Crippen LogP contribution in [0.1, 0.15) is 16.6 Å². The maximum Gasteiger partial charge on any atom is 0.321 e. The third-order valence-corrected chi connectivity index (χ3v) is 4.08. The second-order valence-electron chi connectivity index (χ2n) is 5.21. The fourth-order valence-corrected chi connectivity index (χ4v) is 2.69. The molecular weight excluding hydrogens is 314 g/mol. The second-order valence-corrected chi connectivity index (χ2v) is 6.40. The molecule has 0 radical (unpaired) electrons. The number of rotatable bonds is 6. The number of likely N-dealkylation sites (N-methyl/N-ethyl adjacent to an activating group) is 1. The minimum absolute atomic E-state index is 0.0582. The first-order valence-electron chi connectivity index (χ1n) is 7.15. The standard InChI is InChI=1S/C15H21N5O2S/c1-10-18-19-15(23-10)17-14(21)16-9-13(20(2)3)11-5-7-12(22-4)8-6-11/h5-8,13H,9H2,1-4H3,(H2,16,17,19,21)/t13-/m1/s1. The molecule has 124 valence electrons. The van der Waals surface area contributed by atoms with Gasteiger partial charge in [-0.15, -0.1) is 10.2 Å². The van der Waals surface area contributed by atoms with E-state index in [4.69, 9.17) is 4.74 Å². The maximum absolute atomic E-state index is 12.0. The van der Waals surface area contributed by atoms with Crippen molar-refractivity contribution >= 4 is 22.5 Å². The lowest BCUT2D eigenvalue weighted by Crippen LogP contribution is -2.36. The van der Waals surface area contributed by atoms with Crippen LogP contribution >= 0.6 is 11.3 Å². The molecule has 2 rings (SSSR count). The Kier molecular flexibility index (Phi) is 5.89. The molecule has 1 aromatic carbocycles. The number of nitrogens with zero attached hydrogens (tertiary/aromatic N) is 3. The van der Waals surface area contributed by atoms with Crippen LogP contribution in [0.3, 0.4) is 0 Å². The zero-order valence-corrected chi connectivity index (χ0v) is 14.5. The summed E-state index contributed by atoms with van der Waals surface area (Å²) in [6, 6.07) is 7.59. The first-order chi connectivity index (χ1) is 11.0. The van der Waals surface area contributed by atoms with E-state index < -0.39 is 0 Å². The fourth-order valence-electron chi connectivity index (χ4n) is 2.10. The van der Waals surface area contributed by atoms with Crippen LogP contribution in [-0.2, 0) is 0 Å². The van der Waals surface area contributed by atoms with Gasteiger partial charge in [-0.1, -0.05) is 23.5 Å². The predicted octanol–water partition coefficient (Wildman–Crippen LogP) is 2.28. The van der Waals surface area contributed by atoms with Crippen LogP contribution in [0.2, 0.25) is 0 Å². The third-order valence-electron chi connectivity index (χ3n) is 3.33. The number of aryl methyl sites for hydroxylation is 1. The molecule has 0 fully saturated rings. The van der Waals surface area contributed by atoms with Crippen LogP contribution in [0.5, 0.6) is 5.75 Å². The molecule has 0 aliphatic carbocycles. The molecule has 0 aliphatic rings. The molecule has 2 amide bonds. The van der Waals surface area contributed by atoms with Crippen molar-refractivity contribution in [3.63, 3.8) is 0 Å². The van der Waals surface area contributed by atoms with Crippen LogP contribution < -0.4 is 15.4 Å². The van der Waals surface area contributed by atoms with E-state index in [1.54, 1.807) is 7.11 Å². The Labute approximate surface area is 139 Å². The van der Waals surface area contributed by atoms with Crippen molar-refractivity contribution in [2.24, 2.45) is 0 Å². The predicted molar refractivity (Wildman–Crippen MR) is 91.1 cm³/mol. The second kappa shape index (κ2) is 7.89. The molecule has 23 heavy (non-hydrogen) atoms. The summed E-state index contributed by atoms with van der Waals surface area (Å²) in [4.78, 5) is 14.0. The van der Waals surface area contributed by atoms with Gasteiger partial charge in [0.2, 0.25) is 5.13 Å². The number of urea groups is 1. The van der Waals surface area contributed by atoms with Crippen molar-refractivity contribution < 1.29 is 9.53 Å². The van der Waals surface area contributed by atoms with Gasteiger partial charge in [0.1, 0.15) is 10.8 Å². The van der Waals surface area contributed by atoms with Gasteiger partial charge in [-0.05, 0) is 38.7 Å². The van der Waals surface area contributed by atoms with Crippen LogP contribution in [-0.4, -0.2) is 48.9 Å². The summed E-state index contributed by atoms with van der Waals surface area (Å²) in [5.74, 6) is 0.809. The first kappa shape index (κ1) is 17.2. The number of aromatic nitrogens is 2. The summed E-state index contributed by atoms with van der Waals surface area (Å²) in [5, 5.41) is 14.6. The van der Waals surface area contributed by atoms with E-state index >= 15 is 0 Å². The Balaban J connectivity index is 1.94. The summed E-state index contributed by atoms with van der Waals surface area (Å²) in [6.45, 7) is 2.31. The minimum atomic E-state index is -0.290. The molecule has 7 nitrogen and oxygen atoms in total. The normalized spacial score (nSPS) is 12.0. The van der Waals surface area contributed by atoms with Crippen molar-refractivity contribution in [3.05, 3.63) is 34.8 Å². The highest BCUT2D eigenvalue weighted by atomic mass is 32.1. The zero-order chi connectivity index (χ0) is 16.8. The number of amides is 2. The average Bonchev–Trinajstić information content (AvgIpc) is 2.92. The molecule has 1 heterocycles. The number of carbonyl (C=O) groups excluding carboxylic acids is 1. The van der Waals surface area contributed by atoms with Gasteiger partial charge >= 0.3 is 6.03 Å². The molecule has 0 unspecified atom stereocenters. The van der Waals surface area contributed by atoms with Crippen LogP contribution in [0.25, 0.3) is 0 Å². The van der Waals surface area contributed by atoms with E-state index in [0.29, 0.717) is 11.7 Å². The lowest BCUT2D eigenvalue weighted by atomic mass is 10.1. The molecule has 0 saturated carbocycles. The SMILES string of the molecule is COc1ccc([C@@H](CNC(=O)Nc2nnc(C)s2)N(C)C)cc1. The van der Waals surface area contributed by atoms with Gasteiger partial charge in [-0.3, -0.25) is 5.32 Å². The van der Waals surface area contributed by atoms with Crippen molar-refractivity contribution in [2.45, 2.75) is 13.0 Å². The quantitative estimate of drug-likeness (QED) is 0.847. The molecule has 0 saturated heterocycles. The Bertz CT molecular complexity index is 642. The minimum Gasteiger partial charge on any atom is -0.497 e. The van der Waals surface area contributed by atoms with Crippen LogP contribution in [0.15, 0.2) is 24.3 Å². The molecule has 0 spiro atoms. The average molecular weight is 335 g/mol. The van der Waals surface area contributed by atoms with Crippen molar-refractivity contribution in [1.82, 2.24) is 20.4 Å². The Morgan fingerprint density at radius 1 is 1.30 bits per heavy atom. The number of hydrogen-bond acceptors (Lipinski definition) is 6. The molecule has 0 aliphatic heterocycles. The molecular formula is C15H21N5O2S. The highest BCUT2D eigenvalue weighted by Crippen LogP contribution is 2.21. The van der Waals surface area contributed by atoms with Crippen LogP contribution in [0.4, 0.5) is 9.93 Å². The number of benzene rings is 1. The monoisotopic (exact) mass is 335 g/mol. The largest absolute Gasteiger partial charge is 0.497 e. The number of carbonyl (C=O) groups is 1. The summed E-state index contributed by atoms with van der Waals surface area (Å²) in [7, 11) is 5.59. The lowest BCUT2D eigenvalue weighted by molar-refractivity contribution is 0.243. The lowest BCUT2D eigenvalue weighted by Gasteiger charge is -2.25. The Morgan fingerprint density at radius 2 is 2.00 bits per heavy atom. The molecule has 2 N–H and O–H groups in total. The summed E-state index contributed by atoms with van der Waals surface area (Å²) >= 11 is 1.34. The summed E-state index contributed by atoms with van der Waals surface area (Å²) in [6.07, 6.45) is 0. The fraction of sp³-hybridized carbons (Fsp3) is 0.400. The van der Waals surface area contributed by atoms with Gasteiger partial charge in [0.25, 0.3) is 0 Å². The number of hydrogen-bond donors (Lipinski definition) is 2. The van der Waals surface area contributed by atoms with E-state index in [1.807, 2.05) is 45.3 Å². The molecule has 8 heteroatoms. The van der Waals surface area contributed by atoms with Crippen molar-refractivity contribution in [3.8, 4) is 5.75 Å². The number of anilines is 1. The Hall–Kier alpha value is -2.19. The number of methoxy groups -OCH3 is 1. The number of nitrogens with one attached hydrogen (secondary N) is 2. The Morgan fingerprint density at radius 3 is 2.52 bits per heavy atom. The van der Waals surface area contributed by atoms with E-state index in [1.165, 1.54) is 11.3 Å². The highest BCUT2D eigenvalue weighted by molar-refractivity contribution is 7.15. The van der Waals surface area contributed by atoms with Gasteiger partial charge in [0, 0.05) is 6.54 Å². The van der Waals surface area contributed by atoms with Gasteiger partial charge in [0.15, 0.2) is 0 Å². The van der Waals surface area contributed by atoms with E-state index in [2.05, 4.69) is 25.7 Å². The smallest absolute Gasteiger partial charge is 0.321 e. The van der Waals surface area contributed by atoms with Gasteiger partial charge in [0.05, 0.1) is 13.2 Å². The van der Waals surface area contributed by atoms with E-state index in [0.717, 1.165) is 16.3 Å². The summed E-state index contributed by atoms with van der Waals surface area (Å²) < 4.78 is 5.17. The molecule has 2 aromatic rings. The van der Waals surface area contributed by atoms with Gasteiger partial charge < -0.3 is 15.0 Å². The first-order valence-corrected chi connectivity index (χ1v) is 7.96. The highest BCUT2D eigenvalue weighted by Gasteiger charge is 2.16. The zero-order valence-electron chi connectivity index (χ0n) is 13.7. The maximum atomic E-state index is 12.0. The molecule has 0 bridgehead atoms. The molecule has 1 atom stereocenters. The van der Waals surface area contributed by atoms with Gasteiger partial charge in [-0.2, -0.15) is 0 Å². The van der Waals surface area contributed by atoms with E-state index in [9.17, 15) is 4.79 Å². The molecule has 1 aromatic heterocycles. The third kappa shape index (κ3) is 4.90. The van der Waals surface area contributed by atoms with Crippen LogP contribution in [0, 0.1) is 6.92 Å². The van der Waals surface area contributed by atoms with Crippen molar-refractivity contribution in [2.75, 3.05) is 33.1 Å². The number of ether oxygens (including phenoxy) is 1. The topological polar surface area (TPSA) is 79.4 Å².